The SMILES string of the molecule is C=CC(=O)Oc1ccncc1Nc1ccc(F)cc1. The number of carbonyl (C=O) groups is 1. The minimum atomic E-state index is -0.562. The lowest BCUT2D eigenvalue weighted by molar-refractivity contribution is -0.128. The maximum absolute atomic E-state index is 12.8. The van der Waals surface area contributed by atoms with E-state index in [0.29, 0.717) is 17.1 Å². The molecule has 0 radical (unpaired) electrons. The number of benzene rings is 1. The molecule has 96 valence electrons. The predicted molar refractivity (Wildman–Crippen MR) is 69.8 cm³/mol. The van der Waals surface area contributed by atoms with Gasteiger partial charge >= 0.3 is 5.97 Å². The van der Waals surface area contributed by atoms with Gasteiger partial charge in [0.25, 0.3) is 0 Å². The van der Waals surface area contributed by atoms with Crippen LogP contribution in [0.3, 0.4) is 0 Å². The highest BCUT2D eigenvalue weighted by atomic mass is 19.1. The number of rotatable bonds is 4. The molecule has 0 aliphatic heterocycles. The fourth-order valence-electron chi connectivity index (χ4n) is 1.40. The molecule has 1 aromatic heterocycles. The Kier molecular flexibility index (Phi) is 3.87. The van der Waals surface area contributed by atoms with Crippen molar-refractivity contribution in [1.29, 1.82) is 0 Å². The summed E-state index contributed by atoms with van der Waals surface area (Å²) in [6.45, 7) is 3.33. The number of halogens is 1. The second kappa shape index (κ2) is 5.77. The molecule has 19 heavy (non-hydrogen) atoms. The van der Waals surface area contributed by atoms with Gasteiger partial charge in [-0.15, -0.1) is 0 Å². The zero-order valence-electron chi connectivity index (χ0n) is 9.97. The lowest BCUT2D eigenvalue weighted by Crippen LogP contribution is -2.05. The Morgan fingerprint density at radius 3 is 2.74 bits per heavy atom. The van der Waals surface area contributed by atoms with Gasteiger partial charge in [-0.1, -0.05) is 6.58 Å². The third-order valence-corrected chi connectivity index (χ3v) is 2.28. The van der Waals surface area contributed by atoms with E-state index in [-0.39, 0.29) is 5.82 Å². The number of nitrogens with one attached hydrogen (secondary N) is 1. The van der Waals surface area contributed by atoms with Crippen LogP contribution in [0.5, 0.6) is 5.75 Å². The van der Waals surface area contributed by atoms with Gasteiger partial charge in [-0.05, 0) is 24.3 Å². The third-order valence-electron chi connectivity index (χ3n) is 2.28. The van der Waals surface area contributed by atoms with Gasteiger partial charge in [-0.2, -0.15) is 0 Å². The summed E-state index contributed by atoms with van der Waals surface area (Å²) in [5, 5.41) is 2.99. The average molecular weight is 258 g/mol. The number of hydrogen-bond acceptors (Lipinski definition) is 4. The van der Waals surface area contributed by atoms with E-state index in [1.165, 1.54) is 24.5 Å². The van der Waals surface area contributed by atoms with Gasteiger partial charge in [-0.3, -0.25) is 4.98 Å². The van der Waals surface area contributed by atoms with E-state index in [0.717, 1.165) is 6.08 Å². The highest BCUT2D eigenvalue weighted by molar-refractivity contribution is 5.84. The Labute approximate surface area is 109 Å². The van der Waals surface area contributed by atoms with E-state index in [1.54, 1.807) is 18.2 Å². The first-order chi connectivity index (χ1) is 9.19. The first-order valence-corrected chi connectivity index (χ1v) is 5.50. The second-order valence-electron chi connectivity index (χ2n) is 3.63. The molecule has 2 rings (SSSR count). The van der Waals surface area contributed by atoms with Gasteiger partial charge < -0.3 is 10.1 Å². The van der Waals surface area contributed by atoms with Crippen LogP contribution < -0.4 is 10.1 Å². The van der Waals surface area contributed by atoms with Crippen molar-refractivity contribution >= 4 is 17.3 Å². The standard InChI is InChI=1S/C14H11FN2O2/c1-2-14(18)19-13-7-8-16-9-12(13)17-11-5-3-10(15)4-6-11/h2-9,17H,1H2. The Morgan fingerprint density at radius 2 is 2.05 bits per heavy atom. The molecule has 2 aromatic rings. The Bertz CT molecular complexity index is 597. The highest BCUT2D eigenvalue weighted by Gasteiger charge is 2.07. The van der Waals surface area contributed by atoms with Gasteiger partial charge in [0.05, 0.1) is 6.20 Å². The second-order valence-corrected chi connectivity index (χ2v) is 3.63. The molecule has 1 aromatic carbocycles. The molecule has 0 amide bonds. The van der Waals surface area contributed by atoms with E-state index in [9.17, 15) is 9.18 Å². The van der Waals surface area contributed by atoms with Crippen molar-refractivity contribution in [3.8, 4) is 5.75 Å². The van der Waals surface area contributed by atoms with Crippen LogP contribution in [0, 0.1) is 5.82 Å². The quantitative estimate of drug-likeness (QED) is 0.676. The summed E-state index contributed by atoms with van der Waals surface area (Å²) in [4.78, 5) is 15.1. The molecular weight excluding hydrogens is 247 g/mol. The van der Waals surface area contributed by atoms with Crippen LogP contribution in [0.2, 0.25) is 0 Å². The van der Waals surface area contributed by atoms with Gasteiger partial charge in [0.15, 0.2) is 5.75 Å². The summed E-state index contributed by atoms with van der Waals surface area (Å²) in [5.41, 5.74) is 1.16. The lowest BCUT2D eigenvalue weighted by Gasteiger charge is -2.10. The van der Waals surface area contributed by atoms with Crippen LogP contribution in [-0.4, -0.2) is 11.0 Å². The molecule has 0 atom stereocenters. The van der Waals surface area contributed by atoms with Gasteiger partial charge in [0.2, 0.25) is 0 Å². The largest absolute Gasteiger partial charge is 0.421 e. The maximum Gasteiger partial charge on any atom is 0.335 e. The number of hydrogen-bond donors (Lipinski definition) is 1. The molecule has 0 saturated carbocycles. The average Bonchev–Trinajstić information content (AvgIpc) is 2.43. The summed E-state index contributed by atoms with van der Waals surface area (Å²) in [6.07, 6.45) is 4.08. The van der Waals surface area contributed by atoms with Crippen molar-refractivity contribution in [2.75, 3.05) is 5.32 Å². The topological polar surface area (TPSA) is 51.2 Å². The lowest BCUT2D eigenvalue weighted by atomic mass is 10.3. The van der Waals surface area contributed by atoms with Crippen LogP contribution in [0.1, 0.15) is 0 Å². The molecule has 1 N–H and O–H groups in total. The number of anilines is 2. The van der Waals surface area contributed by atoms with E-state index in [4.69, 9.17) is 4.74 Å². The zero-order chi connectivity index (χ0) is 13.7. The van der Waals surface area contributed by atoms with Crippen LogP contribution in [0.25, 0.3) is 0 Å². The Morgan fingerprint density at radius 1 is 1.32 bits per heavy atom. The molecule has 0 unspecified atom stereocenters. The van der Waals surface area contributed by atoms with Crippen LogP contribution >= 0.6 is 0 Å². The Balaban J connectivity index is 2.22. The molecule has 1 heterocycles. The highest BCUT2D eigenvalue weighted by Crippen LogP contribution is 2.26. The number of aromatic nitrogens is 1. The Hall–Kier alpha value is -2.69. The van der Waals surface area contributed by atoms with Crippen molar-refractivity contribution in [3.63, 3.8) is 0 Å². The number of pyridine rings is 1. The van der Waals surface area contributed by atoms with Crippen LogP contribution in [0.4, 0.5) is 15.8 Å². The van der Waals surface area contributed by atoms with Gasteiger partial charge in [-0.25, -0.2) is 9.18 Å². The minimum Gasteiger partial charge on any atom is -0.421 e. The monoisotopic (exact) mass is 258 g/mol. The fourth-order valence-corrected chi connectivity index (χ4v) is 1.40. The van der Waals surface area contributed by atoms with Gasteiger partial charge in [0, 0.05) is 24.0 Å². The smallest absolute Gasteiger partial charge is 0.335 e. The van der Waals surface area contributed by atoms with Gasteiger partial charge in [0.1, 0.15) is 11.5 Å². The molecule has 0 spiro atoms. The fraction of sp³-hybridized carbons (Fsp3) is 0. The molecule has 0 aliphatic carbocycles. The van der Waals surface area contributed by atoms with E-state index in [1.807, 2.05) is 0 Å². The first kappa shape index (κ1) is 12.8. The summed E-state index contributed by atoms with van der Waals surface area (Å²) in [6, 6.07) is 7.35. The summed E-state index contributed by atoms with van der Waals surface area (Å²) >= 11 is 0. The van der Waals surface area contributed by atoms with Crippen molar-refractivity contribution in [2.24, 2.45) is 0 Å². The van der Waals surface area contributed by atoms with E-state index < -0.39 is 5.97 Å². The molecule has 0 fully saturated rings. The van der Waals surface area contributed by atoms with Crippen molar-refractivity contribution in [3.05, 3.63) is 61.2 Å². The molecule has 5 heteroatoms. The normalized spacial score (nSPS) is 9.74. The number of ether oxygens (including phenoxy) is 1. The molecule has 0 bridgehead atoms. The third kappa shape index (κ3) is 3.38. The maximum atomic E-state index is 12.8. The molecule has 0 saturated heterocycles. The number of nitrogens with zero attached hydrogens (tertiary/aromatic N) is 1. The zero-order valence-corrected chi connectivity index (χ0v) is 9.97. The minimum absolute atomic E-state index is 0.323. The van der Waals surface area contributed by atoms with Crippen molar-refractivity contribution in [2.45, 2.75) is 0 Å². The van der Waals surface area contributed by atoms with Crippen LogP contribution in [0.15, 0.2) is 55.4 Å². The molecule has 4 nitrogen and oxygen atoms in total. The molecule has 0 aliphatic rings. The summed E-state index contributed by atoms with van der Waals surface area (Å²) < 4.78 is 17.9. The predicted octanol–water partition coefficient (Wildman–Crippen LogP) is 3.06. The number of esters is 1. The van der Waals surface area contributed by atoms with Crippen molar-refractivity contribution < 1.29 is 13.9 Å². The first-order valence-electron chi connectivity index (χ1n) is 5.50. The molecular formula is C14H11FN2O2. The van der Waals surface area contributed by atoms with Crippen molar-refractivity contribution in [1.82, 2.24) is 4.98 Å². The van der Waals surface area contributed by atoms with Crippen LogP contribution in [-0.2, 0) is 4.79 Å². The van der Waals surface area contributed by atoms with E-state index >= 15 is 0 Å². The number of carbonyl (C=O) groups excluding carboxylic acids is 1. The summed E-state index contributed by atoms with van der Waals surface area (Å²) in [7, 11) is 0. The summed E-state index contributed by atoms with van der Waals surface area (Å²) in [5.74, 6) is -0.562. The van der Waals surface area contributed by atoms with E-state index in [2.05, 4.69) is 16.9 Å².